The summed E-state index contributed by atoms with van der Waals surface area (Å²) in [5.74, 6) is -1.56. The molecule has 0 bridgehead atoms. The van der Waals surface area contributed by atoms with E-state index in [1.54, 1.807) is 16.7 Å². The zero-order valence-corrected chi connectivity index (χ0v) is 9.21. The Hall–Kier alpha value is -2.44. The lowest BCUT2D eigenvalue weighted by molar-refractivity contribution is -0.430. The molecule has 0 spiro atoms. The average molecular weight is 247 g/mol. The van der Waals surface area contributed by atoms with Crippen molar-refractivity contribution in [1.82, 2.24) is 4.90 Å². The molecule has 0 aliphatic carbocycles. The van der Waals surface area contributed by atoms with Gasteiger partial charge < -0.3 is 0 Å². The third kappa shape index (κ3) is 1.52. The minimum absolute atomic E-state index is 0.311. The van der Waals surface area contributed by atoms with E-state index < -0.39 is 11.8 Å². The maximum Gasteiger partial charge on any atom is 0.425 e. The van der Waals surface area contributed by atoms with E-state index in [9.17, 15) is 14.0 Å². The van der Waals surface area contributed by atoms with Crippen molar-refractivity contribution in [3.8, 4) is 0 Å². The summed E-state index contributed by atoms with van der Waals surface area (Å²) < 4.78 is 14.6. The first-order valence-electron chi connectivity index (χ1n) is 5.34. The molecular formula is C11H8FN4O2+. The summed E-state index contributed by atoms with van der Waals surface area (Å²) >= 11 is 0. The fraction of sp³-hybridized carbons (Fsp3) is 0.182. The number of azo groups is 1. The number of hydrogen-bond acceptors (Lipinski definition) is 3. The molecule has 90 valence electrons. The summed E-state index contributed by atoms with van der Waals surface area (Å²) in [6.45, 7) is 0.870. The highest BCUT2D eigenvalue weighted by molar-refractivity contribution is 6.39. The lowest BCUT2D eigenvalue weighted by Gasteiger charge is -2.07. The lowest BCUT2D eigenvalue weighted by Crippen LogP contribution is -2.41. The van der Waals surface area contributed by atoms with E-state index in [0.717, 1.165) is 0 Å². The quantitative estimate of drug-likeness (QED) is 0.540. The predicted octanol–water partition coefficient (Wildman–Crippen LogP) is 0.660. The minimum atomic E-state index is -0.861. The molecule has 18 heavy (non-hydrogen) atoms. The summed E-state index contributed by atoms with van der Waals surface area (Å²) in [5.41, 5.74) is 0.704. The van der Waals surface area contributed by atoms with Crippen LogP contribution in [0.4, 0.5) is 10.1 Å². The largest absolute Gasteiger partial charge is 0.425 e. The number of halogens is 1. The monoisotopic (exact) mass is 247 g/mol. The van der Waals surface area contributed by atoms with Gasteiger partial charge in [0.2, 0.25) is 0 Å². The van der Waals surface area contributed by atoms with Crippen LogP contribution in [-0.4, -0.2) is 40.3 Å². The lowest BCUT2D eigenvalue weighted by atomic mass is 10.3. The second-order valence-corrected chi connectivity index (χ2v) is 3.89. The summed E-state index contributed by atoms with van der Waals surface area (Å²) in [5, 5.41) is 7.02. The van der Waals surface area contributed by atoms with E-state index in [-0.39, 0.29) is 5.82 Å². The van der Waals surface area contributed by atoms with Gasteiger partial charge >= 0.3 is 17.8 Å². The van der Waals surface area contributed by atoms with Crippen LogP contribution in [0.15, 0.2) is 34.5 Å². The number of carbonyl (C=O) groups is 2. The number of fused-ring (bicyclic) bond motifs is 1. The average Bonchev–Trinajstić information content (AvgIpc) is 2.79. The first kappa shape index (κ1) is 10.7. The Bertz CT molecular complexity index is 606. The van der Waals surface area contributed by atoms with Gasteiger partial charge in [-0.3, -0.25) is 4.79 Å². The van der Waals surface area contributed by atoms with E-state index in [1.165, 1.54) is 17.0 Å². The van der Waals surface area contributed by atoms with Gasteiger partial charge in [-0.2, -0.15) is 4.90 Å². The predicted molar refractivity (Wildman–Crippen MR) is 57.8 cm³/mol. The molecule has 2 aliphatic rings. The van der Waals surface area contributed by atoms with Crippen molar-refractivity contribution in [3.63, 3.8) is 0 Å². The summed E-state index contributed by atoms with van der Waals surface area (Å²) in [7, 11) is 0. The molecule has 0 radical (unpaired) electrons. The Morgan fingerprint density at radius 3 is 2.61 bits per heavy atom. The third-order valence-electron chi connectivity index (χ3n) is 2.83. The standard InChI is InChI=1S/C11H8FN4O2/c12-7-1-3-8(4-2-7)15-5-6-16-10(18)9(17)13-14-11(15)16/h1-4H,5-6H2/q+1. The number of carbonyl (C=O) groups excluding carboxylic acids is 2. The van der Waals surface area contributed by atoms with E-state index in [4.69, 9.17) is 0 Å². The molecule has 1 aromatic carbocycles. The highest BCUT2D eigenvalue weighted by Gasteiger charge is 2.44. The molecule has 7 heteroatoms. The molecule has 0 fully saturated rings. The fourth-order valence-corrected chi connectivity index (χ4v) is 1.96. The van der Waals surface area contributed by atoms with Crippen LogP contribution in [0.25, 0.3) is 0 Å². The van der Waals surface area contributed by atoms with Crippen LogP contribution in [0.3, 0.4) is 0 Å². The summed E-state index contributed by atoms with van der Waals surface area (Å²) in [4.78, 5) is 23.9. The highest BCUT2D eigenvalue weighted by Crippen LogP contribution is 2.19. The number of hydrogen-bond donors (Lipinski definition) is 0. The van der Waals surface area contributed by atoms with Gasteiger partial charge in [-0.15, -0.1) is 0 Å². The van der Waals surface area contributed by atoms with Crippen molar-refractivity contribution in [2.75, 3.05) is 13.1 Å². The van der Waals surface area contributed by atoms with Crippen molar-refractivity contribution in [3.05, 3.63) is 30.1 Å². The van der Waals surface area contributed by atoms with Crippen molar-refractivity contribution in [1.29, 1.82) is 0 Å². The van der Waals surface area contributed by atoms with Gasteiger partial charge in [-0.05, 0) is 29.4 Å². The molecule has 0 N–H and O–H groups in total. The van der Waals surface area contributed by atoms with Crippen molar-refractivity contribution < 1.29 is 18.6 Å². The second kappa shape index (κ2) is 3.80. The molecule has 6 nitrogen and oxygen atoms in total. The maximum atomic E-state index is 12.8. The number of amides is 2. The molecule has 0 atom stereocenters. The van der Waals surface area contributed by atoms with Crippen LogP contribution in [0.1, 0.15) is 0 Å². The number of guanidine groups is 1. The van der Waals surface area contributed by atoms with Gasteiger partial charge in [0.05, 0.1) is 5.11 Å². The Kier molecular flexibility index (Phi) is 2.26. The van der Waals surface area contributed by atoms with Gasteiger partial charge in [-0.1, -0.05) is 0 Å². The van der Waals surface area contributed by atoms with Gasteiger partial charge in [0.1, 0.15) is 24.6 Å². The summed E-state index contributed by atoms with van der Waals surface area (Å²) in [6, 6.07) is 5.82. The van der Waals surface area contributed by atoms with Crippen LogP contribution in [0, 0.1) is 5.82 Å². The zero-order valence-electron chi connectivity index (χ0n) is 9.21. The molecule has 0 aromatic heterocycles. The van der Waals surface area contributed by atoms with Crippen molar-refractivity contribution >= 4 is 23.5 Å². The summed E-state index contributed by atoms with van der Waals surface area (Å²) in [6.07, 6.45) is 0. The van der Waals surface area contributed by atoms with Crippen LogP contribution < -0.4 is 0 Å². The van der Waals surface area contributed by atoms with E-state index >= 15 is 0 Å². The minimum Gasteiger partial charge on any atom is -0.256 e. The highest BCUT2D eigenvalue weighted by atomic mass is 19.1. The smallest absolute Gasteiger partial charge is 0.256 e. The second-order valence-electron chi connectivity index (χ2n) is 3.89. The Morgan fingerprint density at radius 2 is 1.89 bits per heavy atom. The SMILES string of the molecule is O=C1N=NC2=[N+](c3ccc(F)cc3)CCN2C1=O. The molecule has 2 amide bonds. The third-order valence-corrected chi connectivity index (χ3v) is 2.83. The van der Waals surface area contributed by atoms with E-state index in [2.05, 4.69) is 10.2 Å². The zero-order chi connectivity index (χ0) is 12.7. The van der Waals surface area contributed by atoms with Crippen LogP contribution in [0.5, 0.6) is 0 Å². The first-order chi connectivity index (χ1) is 8.66. The normalized spacial score (nSPS) is 18.6. The topological polar surface area (TPSA) is 65.1 Å². The van der Waals surface area contributed by atoms with Gasteiger partial charge in [-0.25, -0.2) is 13.8 Å². The van der Waals surface area contributed by atoms with Crippen LogP contribution >= 0.6 is 0 Å². The molecule has 0 unspecified atom stereocenters. The van der Waals surface area contributed by atoms with Gasteiger partial charge in [0.25, 0.3) is 0 Å². The maximum absolute atomic E-state index is 12.8. The van der Waals surface area contributed by atoms with Gasteiger partial charge in [0, 0.05) is 0 Å². The number of nitrogens with zero attached hydrogens (tertiary/aromatic N) is 4. The molecule has 1 aromatic rings. The molecule has 0 saturated heterocycles. The number of benzene rings is 1. The van der Waals surface area contributed by atoms with Crippen LogP contribution in [-0.2, 0) is 9.59 Å². The Morgan fingerprint density at radius 1 is 1.17 bits per heavy atom. The molecule has 0 saturated carbocycles. The molecule has 2 aliphatic heterocycles. The Labute approximate surface area is 101 Å². The Balaban J connectivity index is 2.08. The molecular weight excluding hydrogens is 239 g/mol. The van der Waals surface area contributed by atoms with Gasteiger partial charge in [0.15, 0.2) is 0 Å². The van der Waals surface area contributed by atoms with Crippen molar-refractivity contribution in [2.45, 2.75) is 0 Å². The molecule has 2 heterocycles. The fourth-order valence-electron chi connectivity index (χ4n) is 1.96. The van der Waals surface area contributed by atoms with Crippen molar-refractivity contribution in [2.24, 2.45) is 10.2 Å². The first-order valence-corrected chi connectivity index (χ1v) is 5.34. The van der Waals surface area contributed by atoms with E-state index in [0.29, 0.717) is 24.7 Å². The molecule has 3 rings (SSSR count). The van der Waals surface area contributed by atoms with E-state index in [1.807, 2.05) is 0 Å². The number of rotatable bonds is 1. The van der Waals surface area contributed by atoms with Crippen LogP contribution in [0.2, 0.25) is 0 Å².